The molecule has 0 amide bonds. The molecule has 3 unspecified atom stereocenters. The minimum Gasteiger partial charge on any atom is -0.508 e. The van der Waals surface area contributed by atoms with Crippen LogP contribution in [-0.2, 0) is 0 Å². The summed E-state index contributed by atoms with van der Waals surface area (Å²) < 4.78 is 0. The molecule has 0 spiro atoms. The number of phenols is 2. The summed E-state index contributed by atoms with van der Waals surface area (Å²) in [5.41, 5.74) is 3.15. The Labute approximate surface area is 123 Å². The lowest BCUT2D eigenvalue weighted by molar-refractivity contribution is 0.414. The predicted octanol–water partition coefficient (Wildman–Crippen LogP) is 3.92. The van der Waals surface area contributed by atoms with Crippen molar-refractivity contribution < 1.29 is 10.2 Å². The minimum atomic E-state index is 0.145. The Kier molecular flexibility index (Phi) is 2.67. The number of hydrogen-bond donors (Lipinski definition) is 3. The first-order chi connectivity index (χ1) is 10.2. The van der Waals surface area contributed by atoms with E-state index in [4.69, 9.17) is 0 Å². The minimum absolute atomic E-state index is 0.145. The molecule has 3 atom stereocenters. The van der Waals surface area contributed by atoms with Gasteiger partial charge in [0, 0.05) is 5.92 Å². The van der Waals surface area contributed by atoms with Gasteiger partial charge in [0.15, 0.2) is 0 Å². The van der Waals surface area contributed by atoms with Crippen LogP contribution in [0.3, 0.4) is 0 Å². The van der Waals surface area contributed by atoms with Crippen LogP contribution >= 0.6 is 0 Å². The fourth-order valence-electron chi connectivity index (χ4n) is 3.62. The van der Waals surface area contributed by atoms with E-state index in [0.717, 1.165) is 17.7 Å². The number of phenolic OH excluding ortho intramolecular Hbond substituents is 2. The molecule has 106 valence electrons. The zero-order chi connectivity index (χ0) is 14.4. The molecule has 3 nitrogen and oxygen atoms in total. The molecular weight excluding hydrogens is 262 g/mol. The van der Waals surface area contributed by atoms with Gasteiger partial charge in [-0.1, -0.05) is 36.4 Å². The van der Waals surface area contributed by atoms with Crippen molar-refractivity contribution in [3.8, 4) is 11.5 Å². The van der Waals surface area contributed by atoms with Crippen LogP contribution < -0.4 is 5.32 Å². The summed E-state index contributed by atoms with van der Waals surface area (Å²) in [5.74, 6) is 1.37. The molecule has 2 aliphatic rings. The second-order valence-electron chi connectivity index (χ2n) is 5.81. The Bertz CT molecular complexity index is 706. The fourth-order valence-corrected chi connectivity index (χ4v) is 3.62. The fraction of sp³-hybridized carbons (Fsp3) is 0.222. The van der Waals surface area contributed by atoms with Gasteiger partial charge < -0.3 is 15.5 Å². The number of nitrogens with one attached hydrogen (secondary N) is 1. The van der Waals surface area contributed by atoms with Crippen LogP contribution in [0.15, 0.2) is 54.6 Å². The van der Waals surface area contributed by atoms with Crippen LogP contribution in [-0.4, -0.2) is 10.2 Å². The lowest BCUT2D eigenvalue weighted by atomic mass is 9.77. The van der Waals surface area contributed by atoms with Crippen molar-refractivity contribution >= 4 is 5.69 Å². The van der Waals surface area contributed by atoms with Gasteiger partial charge in [-0.2, -0.15) is 0 Å². The predicted molar refractivity (Wildman–Crippen MR) is 82.6 cm³/mol. The second-order valence-corrected chi connectivity index (χ2v) is 5.81. The molecule has 21 heavy (non-hydrogen) atoms. The Morgan fingerprint density at radius 2 is 1.81 bits per heavy atom. The largest absolute Gasteiger partial charge is 0.508 e. The molecule has 3 N–H and O–H groups in total. The Hall–Kier alpha value is -2.42. The third-order valence-corrected chi connectivity index (χ3v) is 4.63. The molecule has 2 aromatic rings. The van der Waals surface area contributed by atoms with E-state index in [9.17, 15) is 10.2 Å². The molecule has 0 saturated carbocycles. The average molecular weight is 279 g/mol. The number of fused-ring (bicyclic) bond motifs is 3. The van der Waals surface area contributed by atoms with Crippen LogP contribution in [0.1, 0.15) is 29.5 Å². The van der Waals surface area contributed by atoms with Crippen molar-refractivity contribution in [3.05, 3.63) is 65.7 Å². The van der Waals surface area contributed by atoms with Crippen molar-refractivity contribution in [1.82, 2.24) is 0 Å². The number of allylic oxidation sites excluding steroid dienone is 2. The third kappa shape index (κ3) is 1.88. The number of para-hydroxylation sites is 1. The Morgan fingerprint density at radius 3 is 2.62 bits per heavy atom. The maximum absolute atomic E-state index is 10.2. The standard InChI is InChI=1S/C18H17NO2/c20-12-9-7-11(8-10-12)17-14-4-1-3-13(14)15-5-2-6-16(21)18(15)19-17/h1-3,5-10,13-14,17,19-21H,4H2. The molecule has 4 rings (SSSR count). The van der Waals surface area contributed by atoms with Gasteiger partial charge in [0.05, 0.1) is 11.7 Å². The van der Waals surface area contributed by atoms with Crippen molar-refractivity contribution in [2.45, 2.75) is 18.4 Å². The van der Waals surface area contributed by atoms with Gasteiger partial charge in [0.25, 0.3) is 0 Å². The number of benzene rings is 2. The highest BCUT2D eigenvalue weighted by atomic mass is 16.3. The number of anilines is 1. The first-order valence-electron chi connectivity index (χ1n) is 7.28. The van der Waals surface area contributed by atoms with E-state index in [1.807, 2.05) is 18.2 Å². The first kappa shape index (κ1) is 12.3. The van der Waals surface area contributed by atoms with E-state index >= 15 is 0 Å². The van der Waals surface area contributed by atoms with Crippen LogP contribution in [0, 0.1) is 5.92 Å². The van der Waals surface area contributed by atoms with E-state index in [-0.39, 0.29) is 11.8 Å². The summed E-state index contributed by atoms with van der Waals surface area (Å²) in [6.07, 6.45) is 5.50. The molecule has 1 aliphatic heterocycles. The van der Waals surface area contributed by atoms with E-state index < -0.39 is 0 Å². The highest BCUT2D eigenvalue weighted by Gasteiger charge is 2.38. The number of hydrogen-bond acceptors (Lipinski definition) is 3. The molecule has 2 aromatic carbocycles. The van der Waals surface area contributed by atoms with Gasteiger partial charge in [0.1, 0.15) is 11.5 Å². The normalized spacial score (nSPS) is 26.0. The van der Waals surface area contributed by atoms with E-state index in [0.29, 0.717) is 17.6 Å². The highest BCUT2D eigenvalue weighted by molar-refractivity contribution is 5.67. The molecule has 1 heterocycles. The summed E-state index contributed by atoms with van der Waals surface area (Å²) in [5, 5.41) is 23.1. The highest BCUT2D eigenvalue weighted by Crippen LogP contribution is 2.51. The maximum atomic E-state index is 10.2. The van der Waals surface area contributed by atoms with Gasteiger partial charge in [-0.05, 0) is 41.7 Å². The summed E-state index contributed by atoms with van der Waals surface area (Å²) in [6, 6.07) is 13.2. The number of aromatic hydroxyl groups is 2. The van der Waals surface area contributed by atoms with Gasteiger partial charge in [0.2, 0.25) is 0 Å². The Morgan fingerprint density at radius 1 is 1.00 bits per heavy atom. The SMILES string of the molecule is Oc1ccc(C2Nc3c(O)cccc3C3C=CCC32)cc1. The third-order valence-electron chi connectivity index (χ3n) is 4.63. The molecule has 3 heteroatoms. The monoisotopic (exact) mass is 279 g/mol. The molecule has 0 radical (unpaired) electrons. The average Bonchev–Trinajstić information content (AvgIpc) is 2.98. The van der Waals surface area contributed by atoms with Gasteiger partial charge in [-0.15, -0.1) is 0 Å². The van der Waals surface area contributed by atoms with Crippen LogP contribution in [0.25, 0.3) is 0 Å². The smallest absolute Gasteiger partial charge is 0.138 e. The molecule has 0 saturated heterocycles. The van der Waals surface area contributed by atoms with Gasteiger partial charge in [-0.25, -0.2) is 0 Å². The van der Waals surface area contributed by atoms with Crippen LogP contribution in [0.4, 0.5) is 5.69 Å². The van der Waals surface area contributed by atoms with E-state index in [1.165, 1.54) is 5.56 Å². The van der Waals surface area contributed by atoms with E-state index in [2.05, 4.69) is 23.5 Å². The van der Waals surface area contributed by atoms with Crippen molar-refractivity contribution in [2.75, 3.05) is 5.32 Å². The quantitative estimate of drug-likeness (QED) is 0.547. The van der Waals surface area contributed by atoms with Gasteiger partial charge in [-0.3, -0.25) is 0 Å². The molecular formula is C18H17NO2. The molecule has 0 aromatic heterocycles. The summed E-state index contributed by atoms with van der Waals surface area (Å²) in [6.45, 7) is 0. The summed E-state index contributed by atoms with van der Waals surface area (Å²) in [7, 11) is 0. The zero-order valence-electron chi connectivity index (χ0n) is 11.5. The second kappa shape index (κ2) is 4.55. The van der Waals surface area contributed by atoms with Crippen molar-refractivity contribution in [1.29, 1.82) is 0 Å². The van der Waals surface area contributed by atoms with Crippen molar-refractivity contribution in [3.63, 3.8) is 0 Å². The summed E-state index contributed by atoms with van der Waals surface area (Å²) in [4.78, 5) is 0. The lowest BCUT2D eigenvalue weighted by Crippen LogP contribution is -2.29. The van der Waals surface area contributed by atoms with Crippen molar-refractivity contribution in [2.24, 2.45) is 5.92 Å². The number of rotatable bonds is 1. The van der Waals surface area contributed by atoms with Crippen LogP contribution in [0.5, 0.6) is 11.5 Å². The summed E-state index contributed by atoms with van der Waals surface area (Å²) >= 11 is 0. The first-order valence-corrected chi connectivity index (χ1v) is 7.28. The molecule has 0 fully saturated rings. The maximum Gasteiger partial charge on any atom is 0.138 e. The lowest BCUT2D eigenvalue weighted by Gasteiger charge is -2.37. The molecule has 1 aliphatic carbocycles. The topological polar surface area (TPSA) is 52.5 Å². The van der Waals surface area contributed by atoms with Gasteiger partial charge >= 0.3 is 0 Å². The zero-order valence-corrected chi connectivity index (χ0v) is 11.5. The van der Waals surface area contributed by atoms with E-state index in [1.54, 1.807) is 18.2 Å². The van der Waals surface area contributed by atoms with Crippen LogP contribution in [0.2, 0.25) is 0 Å². The molecule has 0 bridgehead atoms. The Balaban J connectivity index is 1.81.